The Hall–Kier alpha value is -2.71. The van der Waals surface area contributed by atoms with E-state index in [2.05, 4.69) is 10.6 Å². The molecular formula is C15H13FN2O4S. The van der Waals surface area contributed by atoms with Gasteiger partial charge in [-0.2, -0.15) is 8.42 Å². The normalized spacial score (nSPS) is 11.4. The molecule has 2 aromatic rings. The van der Waals surface area contributed by atoms with Gasteiger partial charge in [-0.25, -0.2) is 9.18 Å². The molecule has 0 fully saturated rings. The Morgan fingerprint density at radius 2 is 1.83 bits per heavy atom. The summed E-state index contributed by atoms with van der Waals surface area (Å²) < 4.78 is 43.7. The summed E-state index contributed by atoms with van der Waals surface area (Å²) in [5, 5.41) is 4.83. The standard InChI is InChI=1S/C15H13FN2O4S/c16-12-6-4-11(5-7-12)8-9-17-15(19)18-13-2-1-3-14(10-13)23(20,21)22/h1-10H,(H2,17,18,19)(H,20,21,22)/b9-8+. The Kier molecular flexibility index (Phi) is 5.09. The van der Waals surface area contributed by atoms with Gasteiger partial charge in [-0.05, 0) is 42.0 Å². The summed E-state index contributed by atoms with van der Waals surface area (Å²) in [6.45, 7) is 0. The monoisotopic (exact) mass is 336 g/mol. The number of benzene rings is 2. The minimum Gasteiger partial charge on any atom is -0.314 e. The molecule has 0 heterocycles. The molecule has 0 saturated carbocycles. The Bertz CT molecular complexity index is 833. The third-order valence-electron chi connectivity index (χ3n) is 2.75. The van der Waals surface area contributed by atoms with E-state index < -0.39 is 16.1 Å². The highest BCUT2D eigenvalue weighted by atomic mass is 32.2. The molecule has 0 spiro atoms. The largest absolute Gasteiger partial charge is 0.323 e. The lowest BCUT2D eigenvalue weighted by Gasteiger charge is -2.05. The van der Waals surface area contributed by atoms with Crippen LogP contribution in [0.25, 0.3) is 6.08 Å². The molecule has 8 heteroatoms. The number of hydrogen-bond acceptors (Lipinski definition) is 3. The van der Waals surface area contributed by atoms with E-state index in [9.17, 15) is 17.6 Å². The van der Waals surface area contributed by atoms with Crippen LogP contribution in [0.2, 0.25) is 0 Å². The van der Waals surface area contributed by atoms with E-state index in [1.807, 2.05) is 0 Å². The van der Waals surface area contributed by atoms with Crippen LogP contribution < -0.4 is 10.6 Å². The fourth-order valence-corrected chi connectivity index (χ4v) is 2.22. The maximum Gasteiger partial charge on any atom is 0.323 e. The Labute approximate surface area is 132 Å². The smallest absolute Gasteiger partial charge is 0.314 e. The molecule has 0 aliphatic carbocycles. The van der Waals surface area contributed by atoms with Gasteiger partial charge in [-0.1, -0.05) is 18.2 Å². The number of nitrogens with one attached hydrogen (secondary N) is 2. The van der Waals surface area contributed by atoms with Crippen molar-refractivity contribution in [3.05, 3.63) is 66.1 Å². The topological polar surface area (TPSA) is 95.5 Å². The highest BCUT2D eigenvalue weighted by molar-refractivity contribution is 7.85. The number of rotatable bonds is 4. The average Bonchev–Trinajstić information content (AvgIpc) is 2.49. The van der Waals surface area contributed by atoms with E-state index in [4.69, 9.17) is 4.55 Å². The molecule has 3 N–H and O–H groups in total. The van der Waals surface area contributed by atoms with Crippen LogP contribution in [0.4, 0.5) is 14.9 Å². The van der Waals surface area contributed by atoms with E-state index in [-0.39, 0.29) is 16.4 Å². The molecule has 23 heavy (non-hydrogen) atoms. The van der Waals surface area contributed by atoms with Crippen molar-refractivity contribution in [2.24, 2.45) is 0 Å². The molecular weight excluding hydrogens is 323 g/mol. The first kappa shape index (κ1) is 16.7. The quantitative estimate of drug-likeness (QED) is 0.748. The zero-order valence-corrected chi connectivity index (χ0v) is 12.5. The van der Waals surface area contributed by atoms with Gasteiger partial charge in [0, 0.05) is 11.9 Å². The lowest BCUT2D eigenvalue weighted by Crippen LogP contribution is -2.23. The van der Waals surface area contributed by atoms with Gasteiger partial charge in [0.25, 0.3) is 10.1 Å². The lowest BCUT2D eigenvalue weighted by atomic mass is 10.2. The van der Waals surface area contributed by atoms with E-state index in [1.54, 1.807) is 18.2 Å². The van der Waals surface area contributed by atoms with Crippen LogP contribution >= 0.6 is 0 Å². The van der Waals surface area contributed by atoms with E-state index >= 15 is 0 Å². The molecule has 0 aromatic heterocycles. The van der Waals surface area contributed by atoms with Crippen molar-refractivity contribution in [1.82, 2.24) is 5.32 Å². The summed E-state index contributed by atoms with van der Waals surface area (Å²) in [5.41, 5.74) is 0.896. The van der Waals surface area contributed by atoms with Gasteiger partial charge in [0.15, 0.2) is 0 Å². The number of amides is 2. The maximum atomic E-state index is 12.7. The highest BCUT2D eigenvalue weighted by Gasteiger charge is 2.10. The highest BCUT2D eigenvalue weighted by Crippen LogP contribution is 2.14. The van der Waals surface area contributed by atoms with Gasteiger partial charge in [-0.15, -0.1) is 0 Å². The van der Waals surface area contributed by atoms with Crippen LogP contribution in [0.15, 0.2) is 59.6 Å². The SMILES string of the molecule is O=C(N/C=C/c1ccc(F)cc1)Nc1cccc(S(=O)(=O)O)c1. The van der Waals surface area contributed by atoms with Gasteiger partial charge in [0.1, 0.15) is 5.82 Å². The van der Waals surface area contributed by atoms with Gasteiger partial charge in [0.2, 0.25) is 0 Å². The molecule has 2 amide bonds. The number of hydrogen-bond donors (Lipinski definition) is 3. The van der Waals surface area contributed by atoms with Crippen molar-refractivity contribution in [2.75, 3.05) is 5.32 Å². The molecule has 0 radical (unpaired) electrons. The first-order chi connectivity index (χ1) is 10.8. The van der Waals surface area contributed by atoms with Gasteiger partial charge >= 0.3 is 6.03 Å². The fraction of sp³-hybridized carbons (Fsp3) is 0. The third kappa shape index (κ3) is 5.20. The van der Waals surface area contributed by atoms with E-state index in [1.165, 1.54) is 36.5 Å². The first-order valence-electron chi connectivity index (χ1n) is 6.42. The number of carbonyl (C=O) groups is 1. The van der Waals surface area contributed by atoms with Crippen LogP contribution in [0.5, 0.6) is 0 Å². The minimum atomic E-state index is -4.33. The second-order valence-electron chi connectivity index (χ2n) is 4.49. The first-order valence-corrected chi connectivity index (χ1v) is 7.86. The number of halogens is 1. The summed E-state index contributed by atoms with van der Waals surface area (Å²) in [6, 6.07) is 10.2. The van der Waals surface area contributed by atoms with Gasteiger partial charge in [-0.3, -0.25) is 4.55 Å². The number of urea groups is 1. The molecule has 0 unspecified atom stereocenters. The minimum absolute atomic E-state index is 0.202. The summed E-state index contributed by atoms with van der Waals surface area (Å²) in [4.78, 5) is 11.4. The van der Waals surface area contributed by atoms with Crippen molar-refractivity contribution in [1.29, 1.82) is 0 Å². The zero-order valence-electron chi connectivity index (χ0n) is 11.7. The van der Waals surface area contributed by atoms with Crippen molar-refractivity contribution in [3.63, 3.8) is 0 Å². The number of anilines is 1. The molecule has 0 saturated heterocycles. The molecule has 0 atom stereocenters. The van der Waals surface area contributed by atoms with Crippen LogP contribution in [0.1, 0.15) is 5.56 Å². The second-order valence-corrected chi connectivity index (χ2v) is 5.91. The summed E-state index contributed by atoms with van der Waals surface area (Å²) in [6.07, 6.45) is 2.92. The second kappa shape index (κ2) is 7.03. The summed E-state index contributed by atoms with van der Waals surface area (Å²) >= 11 is 0. The van der Waals surface area contributed by atoms with Crippen LogP contribution in [-0.2, 0) is 10.1 Å². The average molecular weight is 336 g/mol. The van der Waals surface area contributed by atoms with E-state index in [0.717, 1.165) is 6.07 Å². The lowest BCUT2D eigenvalue weighted by molar-refractivity contribution is 0.255. The molecule has 2 rings (SSSR count). The Balaban J connectivity index is 1.96. The molecule has 2 aromatic carbocycles. The Morgan fingerprint density at radius 1 is 1.13 bits per heavy atom. The van der Waals surface area contributed by atoms with E-state index in [0.29, 0.717) is 5.56 Å². The summed E-state index contributed by atoms with van der Waals surface area (Å²) in [7, 11) is -4.33. The van der Waals surface area contributed by atoms with Crippen LogP contribution in [0.3, 0.4) is 0 Å². The molecule has 6 nitrogen and oxygen atoms in total. The van der Waals surface area contributed by atoms with Crippen molar-refractivity contribution in [3.8, 4) is 0 Å². The predicted molar refractivity (Wildman–Crippen MR) is 83.8 cm³/mol. The number of carbonyl (C=O) groups excluding carboxylic acids is 1. The van der Waals surface area contributed by atoms with Crippen molar-refractivity contribution in [2.45, 2.75) is 4.90 Å². The molecule has 120 valence electrons. The van der Waals surface area contributed by atoms with Crippen molar-refractivity contribution < 1.29 is 22.2 Å². The van der Waals surface area contributed by atoms with Crippen LogP contribution in [-0.4, -0.2) is 19.0 Å². The van der Waals surface area contributed by atoms with Crippen molar-refractivity contribution >= 4 is 27.9 Å². The molecule has 0 aliphatic heterocycles. The van der Waals surface area contributed by atoms with Gasteiger partial charge in [0.05, 0.1) is 4.90 Å². The Morgan fingerprint density at radius 3 is 2.48 bits per heavy atom. The van der Waals surface area contributed by atoms with Gasteiger partial charge < -0.3 is 10.6 Å². The third-order valence-corrected chi connectivity index (χ3v) is 3.60. The maximum absolute atomic E-state index is 12.7. The molecule has 0 aliphatic rings. The zero-order chi connectivity index (χ0) is 16.9. The summed E-state index contributed by atoms with van der Waals surface area (Å²) in [5.74, 6) is -0.355. The fourth-order valence-electron chi connectivity index (χ4n) is 1.69. The molecule has 0 bridgehead atoms. The van der Waals surface area contributed by atoms with Crippen LogP contribution in [0, 0.1) is 5.82 Å². The predicted octanol–water partition coefficient (Wildman–Crippen LogP) is 2.86.